The Labute approximate surface area is 138 Å². The predicted octanol–water partition coefficient (Wildman–Crippen LogP) is 5.34. The summed E-state index contributed by atoms with van der Waals surface area (Å²) in [6.07, 6.45) is 5.96. The first-order chi connectivity index (χ1) is 10.3. The fraction of sp³-hybridized carbons (Fsp3) is 0.611. The Bertz CT molecular complexity index is 516. The van der Waals surface area contributed by atoms with Crippen molar-refractivity contribution < 1.29 is 4.79 Å². The van der Waals surface area contributed by atoms with Crippen LogP contribution in [0.25, 0.3) is 0 Å². The standard InChI is InChI=1S/C18H28N2OS/c1-13-12-15(22-18(2,3)4)10-11-16(13)20-17(21)19-14-8-6-5-7-9-14/h10-12,14H,5-9H2,1-4H3,(H2,19,20,21). The van der Waals surface area contributed by atoms with Crippen LogP contribution in [0.2, 0.25) is 0 Å². The van der Waals surface area contributed by atoms with Crippen LogP contribution in [0.15, 0.2) is 23.1 Å². The van der Waals surface area contributed by atoms with Gasteiger partial charge in [0.1, 0.15) is 0 Å². The zero-order valence-corrected chi connectivity index (χ0v) is 15.0. The van der Waals surface area contributed by atoms with E-state index in [9.17, 15) is 4.79 Å². The molecule has 1 fully saturated rings. The van der Waals surface area contributed by atoms with Crippen LogP contribution in [-0.2, 0) is 0 Å². The summed E-state index contributed by atoms with van der Waals surface area (Å²) in [6, 6.07) is 6.49. The van der Waals surface area contributed by atoms with Crippen LogP contribution >= 0.6 is 11.8 Å². The fourth-order valence-corrected chi connectivity index (χ4v) is 3.86. The molecule has 2 amide bonds. The molecule has 122 valence electrons. The number of aryl methyl sites for hydroxylation is 1. The van der Waals surface area contributed by atoms with Crippen molar-refractivity contribution in [2.75, 3.05) is 5.32 Å². The van der Waals surface area contributed by atoms with Gasteiger partial charge in [-0.05, 0) is 43.5 Å². The molecule has 2 N–H and O–H groups in total. The summed E-state index contributed by atoms with van der Waals surface area (Å²) in [4.78, 5) is 13.4. The molecular weight excluding hydrogens is 292 g/mol. The van der Waals surface area contributed by atoms with Crippen molar-refractivity contribution in [1.29, 1.82) is 0 Å². The highest BCUT2D eigenvalue weighted by Crippen LogP contribution is 2.33. The van der Waals surface area contributed by atoms with Gasteiger partial charge in [0.2, 0.25) is 0 Å². The molecule has 1 saturated carbocycles. The van der Waals surface area contributed by atoms with Crippen molar-refractivity contribution in [2.24, 2.45) is 0 Å². The number of urea groups is 1. The van der Waals surface area contributed by atoms with Crippen LogP contribution in [0.4, 0.5) is 10.5 Å². The van der Waals surface area contributed by atoms with Gasteiger partial charge < -0.3 is 10.6 Å². The number of thioether (sulfide) groups is 1. The van der Waals surface area contributed by atoms with Crippen LogP contribution in [0.5, 0.6) is 0 Å². The summed E-state index contributed by atoms with van der Waals surface area (Å²) in [7, 11) is 0. The summed E-state index contributed by atoms with van der Waals surface area (Å²) >= 11 is 1.84. The maximum Gasteiger partial charge on any atom is 0.319 e. The monoisotopic (exact) mass is 320 g/mol. The second-order valence-corrected chi connectivity index (χ2v) is 9.02. The molecule has 0 atom stereocenters. The fourth-order valence-electron chi connectivity index (χ4n) is 2.78. The van der Waals surface area contributed by atoms with Crippen molar-refractivity contribution in [2.45, 2.75) is 75.5 Å². The highest BCUT2D eigenvalue weighted by Gasteiger charge is 2.16. The molecule has 0 aliphatic heterocycles. The molecule has 0 spiro atoms. The van der Waals surface area contributed by atoms with Crippen LogP contribution in [-0.4, -0.2) is 16.8 Å². The Kier molecular flexibility index (Phi) is 5.79. The van der Waals surface area contributed by atoms with E-state index >= 15 is 0 Å². The molecule has 0 heterocycles. The first-order valence-corrected chi connectivity index (χ1v) is 9.02. The van der Waals surface area contributed by atoms with Gasteiger partial charge in [-0.25, -0.2) is 4.79 Å². The predicted molar refractivity (Wildman–Crippen MR) is 95.8 cm³/mol. The van der Waals surface area contributed by atoms with Crippen LogP contribution in [0.3, 0.4) is 0 Å². The van der Waals surface area contributed by atoms with Gasteiger partial charge in [-0.2, -0.15) is 0 Å². The maximum absolute atomic E-state index is 12.1. The minimum absolute atomic E-state index is 0.0776. The molecule has 0 bridgehead atoms. The average molecular weight is 321 g/mol. The highest BCUT2D eigenvalue weighted by atomic mass is 32.2. The van der Waals surface area contributed by atoms with Gasteiger partial charge in [-0.3, -0.25) is 0 Å². The second kappa shape index (κ2) is 7.40. The SMILES string of the molecule is Cc1cc(SC(C)(C)C)ccc1NC(=O)NC1CCCCC1. The van der Waals surface area contributed by atoms with E-state index in [2.05, 4.69) is 43.5 Å². The summed E-state index contributed by atoms with van der Waals surface area (Å²) < 4.78 is 0.194. The number of hydrogen-bond acceptors (Lipinski definition) is 2. The van der Waals surface area contributed by atoms with Gasteiger partial charge in [0.25, 0.3) is 0 Å². The normalized spacial score (nSPS) is 16.4. The van der Waals surface area contributed by atoms with E-state index in [0.29, 0.717) is 6.04 Å². The zero-order valence-electron chi connectivity index (χ0n) is 14.2. The van der Waals surface area contributed by atoms with Crippen molar-refractivity contribution in [1.82, 2.24) is 5.32 Å². The van der Waals surface area contributed by atoms with Gasteiger partial charge in [-0.1, -0.05) is 40.0 Å². The summed E-state index contributed by atoms with van der Waals surface area (Å²) in [5.74, 6) is 0. The molecule has 0 saturated heterocycles. The third kappa shape index (κ3) is 5.56. The van der Waals surface area contributed by atoms with E-state index in [0.717, 1.165) is 24.1 Å². The van der Waals surface area contributed by atoms with Gasteiger partial charge in [0.15, 0.2) is 0 Å². The number of hydrogen-bond donors (Lipinski definition) is 2. The highest BCUT2D eigenvalue weighted by molar-refractivity contribution is 8.00. The lowest BCUT2D eigenvalue weighted by atomic mass is 9.96. The van der Waals surface area contributed by atoms with Gasteiger partial charge in [-0.15, -0.1) is 11.8 Å². The number of nitrogens with one attached hydrogen (secondary N) is 2. The van der Waals surface area contributed by atoms with Crippen molar-refractivity contribution >= 4 is 23.5 Å². The van der Waals surface area contributed by atoms with E-state index in [1.807, 2.05) is 24.8 Å². The molecule has 22 heavy (non-hydrogen) atoms. The average Bonchev–Trinajstić information content (AvgIpc) is 2.41. The van der Waals surface area contributed by atoms with E-state index in [-0.39, 0.29) is 10.8 Å². The Balaban J connectivity index is 1.93. The molecule has 0 radical (unpaired) electrons. The second-order valence-electron chi connectivity index (χ2n) is 7.12. The van der Waals surface area contributed by atoms with Crippen LogP contribution in [0.1, 0.15) is 58.4 Å². The van der Waals surface area contributed by atoms with Gasteiger partial charge in [0, 0.05) is 21.4 Å². The Morgan fingerprint density at radius 3 is 2.45 bits per heavy atom. The molecule has 2 rings (SSSR count). The maximum atomic E-state index is 12.1. The molecule has 3 nitrogen and oxygen atoms in total. The van der Waals surface area contributed by atoms with Gasteiger partial charge in [0.05, 0.1) is 0 Å². The Morgan fingerprint density at radius 2 is 1.86 bits per heavy atom. The number of carbonyl (C=O) groups excluding carboxylic acids is 1. The molecular formula is C18H28N2OS. The smallest absolute Gasteiger partial charge is 0.319 e. The van der Waals surface area contributed by atoms with Crippen LogP contribution in [0, 0.1) is 6.92 Å². The lowest BCUT2D eigenvalue weighted by molar-refractivity contribution is 0.244. The molecule has 0 unspecified atom stereocenters. The number of benzene rings is 1. The Morgan fingerprint density at radius 1 is 1.18 bits per heavy atom. The van der Waals surface area contributed by atoms with Crippen LogP contribution < -0.4 is 10.6 Å². The Hall–Kier alpha value is -1.16. The lowest BCUT2D eigenvalue weighted by Gasteiger charge is -2.23. The number of amides is 2. The molecule has 1 aromatic carbocycles. The molecule has 1 aromatic rings. The number of anilines is 1. The summed E-state index contributed by atoms with van der Waals surface area (Å²) in [6.45, 7) is 8.66. The lowest BCUT2D eigenvalue weighted by Crippen LogP contribution is -2.39. The van der Waals surface area contributed by atoms with Crippen molar-refractivity contribution in [3.05, 3.63) is 23.8 Å². The first kappa shape index (κ1) is 17.2. The van der Waals surface area contributed by atoms with E-state index in [1.165, 1.54) is 24.2 Å². The minimum Gasteiger partial charge on any atom is -0.335 e. The van der Waals surface area contributed by atoms with E-state index < -0.39 is 0 Å². The third-order valence-electron chi connectivity index (χ3n) is 3.81. The van der Waals surface area contributed by atoms with Crippen molar-refractivity contribution in [3.8, 4) is 0 Å². The summed E-state index contributed by atoms with van der Waals surface area (Å²) in [5.41, 5.74) is 2.00. The van der Waals surface area contributed by atoms with Gasteiger partial charge >= 0.3 is 6.03 Å². The minimum atomic E-state index is -0.0776. The molecule has 1 aliphatic carbocycles. The van der Waals surface area contributed by atoms with Crippen molar-refractivity contribution in [3.63, 3.8) is 0 Å². The third-order valence-corrected chi connectivity index (χ3v) is 4.91. The first-order valence-electron chi connectivity index (χ1n) is 8.21. The molecule has 4 heteroatoms. The van der Waals surface area contributed by atoms with E-state index in [1.54, 1.807) is 0 Å². The van der Waals surface area contributed by atoms with E-state index in [4.69, 9.17) is 0 Å². The largest absolute Gasteiger partial charge is 0.335 e. The topological polar surface area (TPSA) is 41.1 Å². The number of carbonyl (C=O) groups is 1. The molecule has 1 aliphatic rings. The summed E-state index contributed by atoms with van der Waals surface area (Å²) in [5, 5.41) is 6.08. The zero-order chi connectivity index (χ0) is 16.2. The quantitative estimate of drug-likeness (QED) is 0.738. The molecule has 0 aromatic heterocycles. The number of rotatable bonds is 3.